The summed E-state index contributed by atoms with van der Waals surface area (Å²) < 4.78 is 0. The minimum absolute atomic E-state index is 0.185. The van der Waals surface area contributed by atoms with E-state index in [2.05, 4.69) is 5.32 Å². The number of primary amides is 1. The molecule has 1 aliphatic rings. The Morgan fingerprint density at radius 3 is 2.41 bits per heavy atom. The second kappa shape index (κ2) is 5.46. The number of nitrogens with zero attached hydrogens (tertiary/aromatic N) is 1. The Kier molecular flexibility index (Phi) is 4.47. The molecule has 1 fully saturated rings. The van der Waals surface area contributed by atoms with E-state index in [1.807, 2.05) is 7.05 Å². The molecule has 0 radical (unpaired) electrons. The second-order valence-electron chi connectivity index (χ2n) is 4.94. The topological polar surface area (TPSA) is 108 Å². The number of nitrogens with one attached hydrogen (secondary N) is 2. The van der Waals surface area contributed by atoms with Gasteiger partial charge < -0.3 is 16.1 Å². The first-order chi connectivity index (χ1) is 7.90. The molecule has 0 aromatic heterocycles. The number of hydrogen-bond acceptors (Lipinski definition) is 4. The number of carbonyl (C=O) groups is 1. The number of nitrogens with two attached hydrogens (primary N) is 2. The lowest BCUT2D eigenvalue weighted by molar-refractivity contribution is -0.119. The Bertz CT molecular complexity index is 294. The van der Waals surface area contributed by atoms with Crippen molar-refractivity contribution in [1.29, 1.82) is 5.41 Å². The molecule has 6 heteroatoms. The van der Waals surface area contributed by atoms with E-state index >= 15 is 0 Å². The molecule has 1 aliphatic carbocycles. The zero-order valence-corrected chi connectivity index (χ0v) is 10.6. The summed E-state index contributed by atoms with van der Waals surface area (Å²) in [6.45, 7) is 0. The Balaban J connectivity index is 2.59. The molecular formula is C11H23N5O. The molecule has 6 nitrogen and oxygen atoms in total. The monoisotopic (exact) mass is 241 g/mol. The molecule has 0 heterocycles. The van der Waals surface area contributed by atoms with Gasteiger partial charge in [-0.25, -0.2) is 5.84 Å². The van der Waals surface area contributed by atoms with Crippen molar-refractivity contribution < 1.29 is 4.79 Å². The van der Waals surface area contributed by atoms with Gasteiger partial charge in [-0.2, -0.15) is 0 Å². The highest BCUT2D eigenvalue weighted by atomic mass is 16.1. The number of amidine groups is 1. The van der Waals surface area contributed by atoms with Gasteiger partial charge in [0.05, 0.1) is 0 Å². The Morgan fingerprint density at radius 2 is 2.06 bits per heavy atom. The predicted octanol–water partition coefficient (Wildman–Crippen LogP) is -0.207. The molecule has 0 bridgehead atoms. The number of carbonyl (C=O) groups excluding carboxylic acids is 1. The summed E-state index contributed by atoms with van der Waals surface area (Å²) in [6.07, 6.45) is 3.81. The van der Waals surface area contributed by atoms with Gasteiger partial charge in [0, 0.05) is 24.9 Å². The molecule has 0 spiro atoms. The smallest absolute Gasteiger partial charge is 0.219 e. The van der Waals surface area contributed by atoms with Crippen LogP contribution >= 0.6 is 0 Å². The molecule has 98 valence electrons. The maximum Gasteiger partial charge on any atom is 0.219 e. The summed E-state index contributed by atoms with van der Waals surface area (Å²) in [6, 6.07) is 0. The molecular weight excluding hydrogens is 218 g/mol. The first-order valence-electron chi connectivity index (χ1n) is 5.94. The lowest BCUT2D eigenvalue weighted by Gasteiger charge is -2.40. The minimum Gasteiger partial charge on any atom is -0.370 e. The maximum atomic E-state index is 11.1. The summed E-state index contributed by atoms with van der Waals surface area (Å²) in [5.41, 5.74) is 5.09. The van der Waals surface area contributed by atoms with Crippen molar-refractivity contribution in [1.82, 2.24) is 10.3 Å². The number of amides is 1. The van der Waals surface area contributed by atoms with E-state index in [-0.39, 0.29) is 17.4 Å². The normalized spacial score (nSPS) is 28.8. The molecule has 6 N–H and O–H groups in total. The first-order valence-corrected chi connectivity index (χ1v) is 5.94. The molecule has 17 heavy (non-hydrogen) atoms. The summed E-state index contributed by atoms with van der Waals surface area (Å²) >= 11 is 0. The van der Waals surface area contributed by atoms with E-state index in [0.29, 0.717) is 12.3 Å². The first kappa shape index (κ1) is 13.9. The van der Waals surface area contributed by atoms with Crippen molar-refractivity contribution in [3.8, 4) is 0 Å². The van der Waals surface area contributed by atoms with Crippen LogP contribution < -0.4 is 16.9 Å². The zero-order valence-electron chi connectivity index (χ0n) is 10.6. The van der Waals surface area contributed by atoms with E-state index in [4.69, 9.17) is 17.0 Å². The molecule has 0 unspecified atom stereocenters. The fraction of sp³-hybridized carbons (Fsp3) is 0.818. The van der Waals surface area contributed by atoms with Crippen LogP contribution in [-0.2, 0) is 4.79 Å². The van der Waals surface area contributed by atoms with Crippen LogP contribution in [-0.4, -0.2) is 36.4 Å². The van der Waals surface area contributed by atoms with E-state index in [1.54, 1.807) is 7.05 Å². The highest BCUT2D eigenvalue weighted by Gasteiger charge is 2.36. The van der Waals surface area contributed by atoms with Gasteiger partial charge in [-0.05, 0) is 32.7 Å². The quantitative estimate of drug-likeness (QED) is 0.236. The lowest BCUT2D eigenvalue weighted by atomic mass is 9.74. The standard InChI is InChI=1S/C11H23N5O/c1-15-11(7-9(12)17)5-3-8(4-6-11)10(13)16(2)14/h8,13,15H,3-7,14H2,1-2H3,(H2,12,17). The third-order valence-electron chi connectivity index (χ3n) is 3.75. The lowest BCUT2D eigenvalue weighted by Crippen LogP contribution is -2.50. The molecule has 0 aromatic carbocycles. The van der Waals surface area contributed by atoms with Crippen molar-refractivity contribution >= 4 is 11.7 Å². The van der Waals surface area contributed by atoms with E-state index in [9.17, 15) is 4.79 Å². The summed E-state index contributed by atoms with van der Waals surface area (Å²) in [7, 11) is 3.55. The average Bonchev–Trinajstić information content (AvgIpc) is 2.28. The van der Waals surface area contributed by atoms with Crippen LogP contribution in [0.3, 0.4) is 0 Å². The highest BCUT2D eigenvalue weighted by molar-refractivity contribution is 5.81. The van der Waals surface area contributed by atoms with Gasteiger partial charge in [0.2, 0.25) is 5.91 Å². The number of hydrogen-bond donors (Lipinski definition) is 4. The predicted molar refractivity (Wildman–Crippen MR) is 67.2 cm³/mol. The minimum atomic E-state index is -0.274. The van der Waals surface area contributed by atoms with E-state index in [0.717, 1.165) is 25.7 Å². The van der Waals surface area contributed by atoms with Crippen LogP contribution in [0.4, 0.5) is 0 Å². The van der Waals surface area contributed by atoms with Gasteiger partial charge in [0.25, 0.3) is 0 Å². The Labute approximate surface area is 102 Å². The van der Waals surface area contributed by atoms with Gasteiger partial charge in [-0.15, -0.1) is 0 Å². The van der Waals surface area contributed by atoms with Crippen LogP contribution in [0.15, 0.2) is 0 Å². The van der Waals surface area contributed by atoms with Crippen molar-refractivity contribution in [2.45, 2.75) is 37.6 Å². The average molecular weight is 241 g/mol. The van der Waals surface area contributed by atoms with Crippen molar-refractivity contribution in [2.24, 2.45) is 17.5 Å². The van der Waals surface area contributed by atoms with Gasteiger partial charge in [0.1, 0.15) is 5.84 Å². The largest absolute Gasteiger partial charge is 0.370 e. The second-order valence-corrected chi connectivity index (χ2v) is 4.94. The van der Waals surface area contributed by atoms with Crippen molar-refractivity contribution in [3.63, 3.8) is 0 Å². The number of hydrazine groups is 1. The molecule has 0 aliphatic heterocycles. The van der Waals surface area contributed by atoms with Gasteiger partial charge in [-0.1, -0.05) is 0 Å². The van der Waals surface area contributed by atoms with Gasteiger partial charge in [0.15, 0.2) is 0 Å². The molecule has 1 amide bonds. The summed E-state index contributed by atoms with van der Waals surface area (Å²) in [5.74, 6) is 5.95. The van der Waals surface area contributed by atoms with Crippen LogP contribution in [0.2, 0.25) is 0 Å². The van der Waals surface area contributed by atoms with Crippen LogP contribution in [0.25, 0.3) is 0 Å². The molecule has 1 rings (SSSR count). The zero-order chi connectivity index (χ0) is 13.1. The van der Waals surface area contributed by atoms with Crippen molar-refractivity contribution in [2.75, 3.05) is 14.1 Å². The van der Waals surface area contributed by atoms with E-state index in [1.165, 1.54) is 5.01 Å². The Morgan fingerprint density at radius 1 is 1.53 bits per heavy atom. The summed E-state index contributed by atoms with van der Waals surface area (Å²) in [4.78, 5) is 11.1. The van der Waals surface area contributed by atoms with Crippen LogP contribution in [0.5, 0.6) is 0 Å². The third-order valence-corrected chi connectivity index (χ3v) is 3.75. The fourth-order valence-electron chi connectivity index (χ4n) is 2.58. The molecule has 0 saturated heterocycles. The van der Waals surface area contributed by atoms with Gasteiger partial charge in [-0.3, -0.25) is 10.2 Å². The SMILES string of the molecule is CNC1(CC(N)=O)CCC(C(=N)N(C)N)CC1. The van der Waals surface area contributed by atoms with Gasteiger partial charge >= 0.3 is 0 Å². The van der Waals surface area contributed by atoms with Crippen LogP contribution in [0, 0.1) is 11.3 Å². The summed E-state index contributed by atoms with van der Waals surface area (Å²) in [5, 5.41) is 12.4. The van der Waals surface area contributed by atoms with E-state index < -0.39 is 0 Å². The third kappa shape index (κ3) is 3.41. The van der Waals surface area contributed by atoms with Crippen molar-refractivity contribution in [3.05, 3.63) is 0 Å². The number of rotatable bonds is 4. The highest BCUT2D eigenvalue weighted by Crippen LogP contribution is 2.34. The van der Waals surface area contributed by atoms with Crippen LogP contribution in [0.1, 0.15) is 32.1 Å². The molecule has 1 saturated carbocycles. The fourth-order valence-corrected chi connectivity index (χ4v) is 2.58. The Hall–Kier alpha value is -1.14. The maximum absolute atomic E-state index is 11.1. The molecule has 0 atom stereocenters. The molecule has 0 aromatic rings.